The smallest absolute Gasteiger partial charge is 0.319 e. The normalized spacial score (nSPS) is 16.8. The first kappa shape index (κ1) is 24.0. The van der Waals surface area contributed by atoms with Crippen LogP contribution in [-0.2, 0) is 13.1 Å². The summed E-state index contributed by atoms with van der Waals surface area (Å²) >= 11 is 1.61. The molecule has 1 aliphatic rings. The second kappa shape index (κ2) is 12.3. The van der Waals surface area contributed by atoms with Crippen LogP contribution in [0.5, 0.6) is 0 Å². The van der Waals surface area contributed by atoms with Crippen LogP contribution < -0.4 is 16.0 Å². The molecule has 1 aliphatic heterocycles. The molecule has 1 fully saturated rings. The van der Waals surface area contributed by atoms with E-state index in [-0.39, 0.29) is 18.0 Å². The molecule has 0 saturated carbocycles. The Hall–Kier alpha value is -3.16. The van der Waals surface area contributed by atoms with Crippen molar-refractivity contribution in [1.29, 1.82) is 0 Å². The van der Waals surface area contributed by atoms with Gasteiger partial charge in [-0.05, 0) is 54.6 Å². The Morgan fingerprint density at radius 3 is 2.68 bits per heavy atom. The summed E-state index contributed by atoms with van der Waals surface area (Å²) < 4.78 is 0. The number of benzene rings is 2. The summed E-state index contributed by atoms with van der Waals surface area (Å²) in [5.41, 5.74) is 2.42. The zero-order chi connectivity index (χ0) is 23.6. The van der Waals surface area contributed by atoms with E-state index < -0.39 is 0 Å². The number of hydrogen-bond donors (Lipinski definition) is 3. The maximum atomic E-state index is 12.8. The third-order valence-electron chi connectivity index (χ3n) is 5.98. The van der Waals surface area contributed by atoms with Gasteiger partial charge in [-0.2, -0.15) is 0 Å². The van der Waals surface area contributed by atoms with E-state index in [4.69, 9.17) is 0 Å². The van der Waals surface area contributed by atoms with Crippen LogP contribution in [0.25, 0.3) is 0 Å². The minimum atomic E-state index is -0.235. The SMILES string of the molecule is O=C(Nc1cccc(C(=O)NCc2cccs2)c1)NC1CCCCCN(Cc2ccccc2)C1. The fourth-order valence-electron chi connectivity index (χ4n) is 4.27. The van der Waals surface area contributed by atoms with Gasteiger partial charge in [0.05, 0.1) is 6.54 Å². The van der Waals surface area contributed by atoms with Gasteiger partial charge in [-0.3, -0.25) is 9.69 Å². The summed E-state index contributed by atoms with van der Waals surface area (Å²) in [6.45, 7) is 3.25. The van der Waals surface area contributed by atoms with Crippen molar-refractivity contribution in [2.45, 2.75) is 44.8 Å². The van der Waals surface area contributed by atoms with E-state index in [1.54, 1.807) is 35.6 Å². The predicted octanol–water partition coefficient (Wildman–Crippen LogP) is 5.24. The molecule has 3 N–H and O–H groups in total. The number of hydrogen-bond acceptors (Lipinski definition) is 4. The Bertz CT molecular complexity index is 1060. The lowest BCUT2D eigenvalue weighted by Crippen LogP contribution is -2.46. The molecule has 6 nitrogen and oxygen atoms in total. The monoisotopic (exact) mass is 476 g/mol. The number of carbonyl (C=O) groups is 2. The first-order chi connectivity index (χ1) is 16.7. The minimum Gasteiger partial charge on any atom is -0.347 e. The van der Waals surface area contributed by atoms with Crippen LogP contribution in [-0.4, -0.2) is 36.0 Å². The Labute approximate surface area is 205 Å². The molecule has 3 amide bonds. The number of rotatable bonds is 7. The lowest BCUT2D eigenvalue weighted by atomic mass is 10.0. The standard InChI is InChI=1S/C27H32N4O2S/c32-26(28-18-25-14-8-16-34-25)22-11-7-13-23(17-22)29-27(33)30-24-12-5-2-6-15-31(20-24)19-21-9-3-1-4-10-21/h1,3-4,7-11,13-14,16-17,24H,2,5-6,12,15,18-20H2,(H,28,32)(H2,29,30,33). The summed E-state index contributed by atoms with van der Waals surface area (Å²) in [5.74, 6) is -0.158. The minimum absolute atomic E-state index is 0.0845. The summed E-state index contributed by atoms with van der Waals surface area (Å²) in [5, 5.41) is 11.0. The van der Waals surface area contributed by atoms with Gasteiger partial charge in [0.1, 0.15) is 0 Å². The summed E-state index contributed by atoms with van der Waals surface area (Å²) in [6.07, 6.45) is 4.44. The Morgan fingerprint density at radius 2 is 1.85 bits per heavy atom. The van der Waals surface area contributed by atoms with Gasteiger partial charge < -0.3 is 16.0 Å². The van der Waals surface area contributed by atoms with Crippen LogP contribution in [0.3, 0.4) is 0 Å². The molecule has 4 rings (SSSR count). The van der Waals surface area contributed by atoms with E-state index in [2.05, 4.69) is 45.1 Å². The Morgan fingerprint density at radius 1 is 0.971 bits per heavy atom. The molecule has 2 heterocycles. The highest BCUT2D eigenvalue weighted by atomic mass is 32.1. The van der Waals surface area contributed by atoms with Crippen molar-refractivity contribution in [3.63, 3.8) is 0 Å². The van der Waals surface area contributed by atoms with Crippen LogP contribution in [0.2, 0.25) is 0 Å². The molecular weight excluding hydrogens is 444 g/mol. The number of nitrogens with zero attached hydrogens (tertiary/aromatic N) is 1. The quantitative estimate of drug-likeness (QED) is 0.436. The number of amides is 3. The van der Waals surface area contributed by atoms with Crippen molar-refractivity contribution in [3.05, 3.63) is 88.1 Å². The molecule has 3 aromatic rings. The van der Waals surface area contributed by atoms with E-state index in [1.165, 1.54) is 18.4 Å². The summed E-state index contributed by atoms with van der Waals surface area (Å²) in [4.78, 5) is 28.8. The second-order valence-corrected chi connectivity index (χ2v) is 9.74. The number of carbonyl (C=O) groups excluding carboxylic acids is 2. The highest BCUT2D eigenvalue weighted by Crippen LogP contribution is 2.16. The van der Waals surface area contributed by atoms with E-state index in [9.17, 15) is 9.59 Å². The third-order valence-corrected chi connectivity index (χ3v) is 6.85. The molecule has 1 atom stereocenters. The molecule has 0 radical (unpaired) electrons. The number of thiophene rings is 1. The second-order valence-electron chi connectivity index (χ2n) is 8.71. The van der Waals surface area contributed by atoms with Crippen LogP contribution in [0.4, 0.5) is 10.5 Å². The van der Waals surface area contributed by atoms with E-state index >= 15 is 0 Å². The zero-order valence-corrected chi connectivity index (χ0v) is 20.2. The van der Waals surface area contributed by atoms with Gasteiger partial charge in [0.2, 0.25) is 0 Å². The van der Waals surface area contributed by atoms with Gasteiger partial charge in [0, 0.05) is 35.3 Å². The highest BCUT2D eigenvalue weighted by molar-refractivity contribution is 7.09. The average Bonchev–Trinajstić information content (AvgIpc) is 3.35. The first-order valence-electron chi connectivity index (χ1n) is 11.9. The molecule has 178 valence electrons. The zero-order valence-electron chi connectivity index (χ0n) is 19.3. The fourth-order valence-corrected chi connectivity index (χ4v) is 4.92. The van der Waals surface area contributed by atoms with E-state index in [0.29, 0.717) is 17.8 Å². The predicted molar refractivity (Wildman–Crippen MR) is 138 cm³/mol. The molecule has 0 spiro atoms. The Balaban J connectivity index is 1.31. The maximum Gasteiger partial charge on any atom is 0.319 e. The van der Waals surface area contributed by atoms with Crippen molar-refractivity contribution in [1.82, 2.24) is 15.5 Å². The van der Waals surface area contributed by atoms with E-state index in [0.717, 1.165) is 37.4 Å². The third kappa shape index (κ3) is 7.43. The molecular formula is C27H32N4O2S. The van der Waals surface area contributed by atoms with E-state index in [1.807, 2.05) is 23.6 Å². The van der Waals surface area contributed by atoms with Crippen LogP contribution >= 0.6 is 11.3 Å². The van der Waals surface area contributed by atoms with Crippen molar-refractivity contribution >= 4 is 29.0 Å². The van der Waals surface area contributed by atoms with Crippen molar-refractivity contribution in [2.24, 2.45) is 0 Å². The van der Waals surface area contributed by atoms with Crippen LogP contribution in [0.15, 0.2) is 72.1 Å². The fraction of sp³-hybridized carbons (Fsp3) is 0.333. The largest absolute Gasteiger partial charge is 0.347 e. The molecule has 0 aliphatic carbocycles. The van der Waals surface area contributed by atoms with Gasteiger partial charge >= 0.3 is 6.03 Å². The molecule has 0 bridgehead atoms. The molecule has 1 unspecified atom stereocenters. The molecule has 2 aromatic carbocycles. The topological polar surface area (TPSA) is 73.5 Å². The number of nitrogens with one attached hydrogen (secondary N) is 3. The molecule has 34 heavy (non-hydrogen) atoms. The van der Waals surface area contributed by atoms with Crippen molar-refractivity contribution < 1.29 is 9.59 Å². The summed E-state index contributed by atoms with van der Waals surface area (Å²) in [7, 11) is 0. The lowest BCUT2D eigenvalue weighted by Gasteiger charge is -2.30. The van der Waals surface area contributed by atoms with Crippen molar-refractivity contribution in [2.75, 3.05) is 18.4 Å². The molecule has 1 saturated heterocycles. The Kier molecular flexibility index (Phi) is 8.71. The maximum absolute atomic E-state index is 12.8. The number of urea groups is 1. The van der Waals surface area contributed by atoms with Gasteiger partial charge in [0.15, 0.2) is 0 Å². The van der Waals surface area contributed by atoms with Gasteiger partial charge in [-0.25, -0.2) is 4.79 Å². The van der Waals surface area contributed by atoms with Gasteiger partial charge in [-0.1, -0.05) is 55.3 Å². The number of likely N-dealkylation sites (tertiary alicyclic amines) is 1. The number of anilines is 1. The van der Waals surface area contributed by atoms with Gasteiger partial charge in [0.25, 0.3) is 5.91 Å². The van der Waals surface area contributed by atoms with Crippen molar-refractivity contribution in [3.8, 4) is 0 Å². The van der Waals surface area contributed by atoms with Crippen LogP contribution in [0.1, 0.15) is 46.5 Å². The highest BCUT2D eigenvalue weighted by Gasteiger charge is 2.19. The molecule has 1 aromatic heterocycles. The first-order valence-corrected chi connectivity index (χ1v) is 12.8. The molecule has 7 heteroatoms. The van der Waals surface area contributed by atoms with Gasteiger partial charge in [-0.15, -0.1) is 11.3 Å². The summed E-state index contributed by atoms with van der Waals surface area (Å²) in [6, 6.07) is 21.3. The average molecular weight is 477 g/mol. The lowest BCUT2D eigenvalue weighted by molar-refractivity contribution is 0.0951. The van der Waals surface area contributed by atoms with Crippen LogP contribution in [0, 0.1) is 0 Å².